The van der Waals surface area contributed by atoms with Crippen LogP contribution in [0, 0.1) is 5.92 Å². The smallest absolute Gasteiger partial charge is 0.313 e. The largest absolute Gasteiger partial charge is 0.497 e. The Labute approximate surface area is 137 Å². The summed E-state index contributed by atoms with van der Waals surface area (Å²) in [5, 5.41) is 0. The van der Waals surface area contributed by atoms with Crippen LogP contribution in [0.1, 0.15) is 25.0 Å². The molecule has 0 spiro atoms. The Morgan fingerprint density at radius 2 is 1.74 bits per heavy atom. The van der Waals surface area contributed by atoms with E-state index < -0.39 is 0 Å². The van der Waals surface area contributed by atoms with Gasteiger partial charge in [0.15, 0.2) is 0 Å². The highest BCUT2D eigenvalue weighted by Gasteiger charge is 2.20. The minimum absolute atomic E-state index is 0.212. The van der Waals surface area contributed by atoms with E-state index >= 15 is 0 Å². The van der Waals surface area contributed by atoms with Crippen molar-refractivity contribution in [3.8, 4) is 5.75 Å². The summed E-state index contributed by atoms with van der Waals surface area (Å²) in [5.74, 6) is 0.261. The number of carbonyl (C=O) groups excluding carboxylic acids is 1. The van der Waals surface area contributed by atoms with Crippen LogP contribution < -0.4 is 4.74 Å². The number of hydrogen-bond donors (Lipinski definition) is 0. The van der Waals surface area contributed by atoms with Gasteiger partial charge in [-0.1, -0.05) is 48.5 Å². The van der Waals surface area contributed by atoms with Crippen LogP contribution in [-0.2, 0) is 9.53 Å². The standard InChI is InChI=1S/C20H22O3/c1-4-23-20(21)15(2)19(17-8-6-5-7-9-17)14-16-10-12-18(22-3)13-11-16/h5-15H,4H2,1-3H3/b19-14-. The molecule has 0 aliphatic heterocycles. The molecule has 0 aliphatic carbocycles. The molecule has 23 heavy (non-hydrogen) atoms. The summed E-state index contributed by atoms with van der Waals surface area (Å²) in [6.45, 7) is 4.08. The van der Waals surface area contributed by atoms with E-state index in [1.54, 1.807) is 7.11 Å². The maximum Gasteiger partial charge on any atom is 0.313 e. The normalized spacial score (nSPS) is 12.6. The molecule has 3 nitrogen and oxygen atoms in total. The zero-order chi connectivity index (χ0) is 16.7. The highest BCUT2D eigenvalue weighted by atomic mass is 16.5. The fourth-order valence-corrected chi connectivity index (χ4v) is 2.36. The van der Waals surface area contributed by atoms with Gasteiger partial charge in [-0.3, -0.25) is 4.79 Å². The summed E-state index contributed by atoms with van der Waals surface area (Å²) in [6, 6.07) is 17.7. The molecule has 0 saturated heterocycles. The molecular weight excluding hydrogens is 288 g/mol. The second-order valence-electron chi connectivity index (χ2n) is 5.21. The molecule has 0 fully saturated rings. The first-order valence-electron chi connectivity index (χ1n) is 7.73. The van der Waals surface area contributed by atoms with Crippen LogP contribution in [-0.4, -0.2) is 19.7 Å². The van der Waals surface area contributed by atoms with E-state index in [1.807, 2.05) is 74.5 Å². The monoisotopic (exact) mass is 310 g/mol. The van der Waals surface area contributed by atoms with Gasteiger partial charge in [-0.2, -0.15) is 0 Å². The summed E-state index contributed by atoms with van der Waals surface area (Å²) >= 11 is 0. The number of ether oxygens (including phenoxy) is 2. The van der Waals surface area contributed by atoms with Crippen LogP contribution in [0.15, 0.2) is 54.6 Å². The molecule has 2 aromatic rings. The third-order valence-electron chi connectivity index (χ3n) is 3.65. The molecule has 3 heteroatoms. The molecule has 2 aromatic carbocycles. The number of esters is 1. The van der Waals surface area contributed by atoms with Gasteiger partial charge >= 0.3 is 5.97 Å². The van der Waals surface area contributed by atoms with Gasteiger partial charge in [-0.15, -0.1) is 0 Å². The van der Waals surface area contributed by atoms with E-state index in [9.17, 15) is 4.79 Å². The fraction of sp³-hybridized carbons (Fsp3) is 0.250. The number of carbonyl (C=O) groups is 1. The lowest BCUT2D eigenvalue weighted by molar-refractivity contribution is -0.145. The van der Waals surface area contributed by atoms with Gasteiger partial charge in [0.2, 0.25) is 0 Å². The lowest BCUT2D eigenvalue weighted by atomic mass is 9.92. The first-order chi connectivity index (χ1) is 11.2. The molecular formula is C20H22O3. The number of rotatable bonds is 6. The predicted octanol–water partition coefficient (Wildman–Crippen LogP) is 4.44. The van der Waals surface area contributed by atoms with E-state index in [1.165, 1.54) is 0 Å². The second-order valence-corrected chi connectivity index (χ2v) is 5.21. The Morgan fingerprint density at radius 3 is 2.30 bits per heavy atom. The Balaban J connectivity index is 2.39. The van der Waals surface area contributed by atoms with Crippen molar-refractivity contribution >= 4 is 17.6 Å². The molecule has 0 amide bonds. The van der Waals surface area contributed by atoms with Gasteiger partial charge < -0.3 is 9.47 Å². The highest BCUT2D eigenvalue weighted by molar-refractivity contribution is 5.94. The number of methoxy groups -OCH3 is 1. The zero-order valence-corrected chi connectivity index (χ0v) is 13.8. The minimum Gasteiger partial charge on any atom is -0.497 e. The van der Waals surface area contributed by atoms with Crippen molar-refractivity contribution in [2.75, 3.05) is 13.7 Å². The van der Waals surface area contributed by atoms with Crippen LogP contribution >= 0.6 is 0 Å². The maximum atomic E-state index is 12.2. The summed E-state index contributed by atoms with van der Waals surface area (Å²) < 4.78 is 10.4. The number of benzene rings is 2. The van der Waals surface area contributed by atoms with Gasteiger partial charge in [-0.05, 0) is 42.7 Å². The molecule has 2 rings (SSSR count). The molecule has 1 atom stereocenters. The van der Waals surface area contributed by atoms with Gasteiger partial charge in [0, 0.05) is 0 Å². The zero-order valence-electron chi connectivity index (χ0n) is 13.8. The Hall–Kier alpha value is -2.55. The summed E-state index contributed by atoms with van der Waals surface area (Å²) in [4.78, 5) is 12.2. The SMILES string of the molecule is CCOC(=O)C(C)/C(=C/c1ccc(OC)cc1)c1ccccc1. The average molecular weight is 310 g/mol. The van der Waals surface area contributed by atoms with E-state index in [0.29, 0.717) is 6.61 Å². The first kappa shape index (κ1) is 16.8. The fourth-order valence-electron chi connectivity index (χ4n) is 2.36. The lowest BCUT2D eigenvalue weighted by Crippen LogP contribution is -2.16. The molecule has 0 aromatic heterocycles. The topological polar surface area (TPSA) is 35.5 Å². The van der Waals surface area contributed by atoms with Crippen molar-refractivity contribution in [2.24, 2.45) is 5.92 Å². The summed E-state index contributed by atoms with van der Waals surface area (Å²) in [6.07, 6.45) is 2.02. The van der Waals surface area contributed by atoms with E-state index in [2.05, 4.69) is 0 Å². The molecule has 120 valence electrons. The predicted molar refractivity (Wildman–Crippen MR) is 93.1 cm³/mol. The van der Waals surface area contributed by atoms with Crippen molar-refractivity contribution in [2.45, 2.75) is 13.8 Å². The Morgan fingerprint density at radius 1 is 1.09 bits per heavy atom. The van der Waals surface area contributed by atoms with E-state index in [4.69, 9.17) is 9.47 Å². The molecule has 0 bridgehead atoms. The van der Waals surface area contributed by atoms with E-state index in [0.717, 1.165) is 22.4 Å². The molecule has 0 heterocycles. The van der Waals surface area contributed by atoms with Crippen LogP contribution in [0.25, 0.3) is 11.6 Å². The quantitative estimate of drug-likeness (QED) is 0.584. The van der Waals surface area contributed by atoms with Crippen molar-refractivity contribution < 1.29 is 14.3 Å². The van der Waals surface area contributed by atoms with Crippen LogP contribution in [0.2, 0.25) is 0 Å². The number of hydrogen-bond acceptors (Lipinski definition) is 3. The highest BCUT2D eigenvalue weighted by Crippen LogP contribution is 2.27. The Kier molecular flexibility index (Phi) is 5.98. The third-order valence-corrected chi connectivity index (χ3v) is 3.65. The van der Waals surface area contributed by atoms with E-state index in [-0.39, 0.29) is 11.9 Å². The van der Waals surface area contributed by atoms with Crippen molar-refractivity contribution in [1.82, 2.24) is 0 Å². The first-order valence-corrected chi connectivity index (χ1v) is 7.73. The van der Waals surface area contributed by atoms with Crippen LogP contribution in [0.5, 0.6) is 5.75 Å². The van der Waals surface area contributed by atoms with Crippen LogP contribution in [0.3, 0.4) is 0 Å². The van der Waals surface area contributed by atoms with Gasteiger partial charge in [0.1, 0.15) is 5.75 Å². The average Bonchev–Trinajstić information content (AvgIpc) is 2.60. The minimum atomic E-state index is -0.334. The van der Waals surface area contributed by atoms with Crippen molar-refractivity contribution in [3.63, 3.8) is 0 Å². The summed E-state index contributed by atoms with van der Waals surface area (Å²) in [7, 11) is 1.64. The third kappa shape index (κ3) is 4.46. The van der Waals surface area contributed by atoms with Gasteiger partial charge in [-0.25, -0.2) is 0 Å². The second kappa shape index (κ2) is 8.18. The Bertz CT molecular complexity index is 657. The van der Waals surface area contributed by atoms with Crippen molar-refractivity contribution in [1.29, 1.82) is 0 Å². The van der Waals surface area contributed by atoms with Gasteiger partial charge in [0.05, 0.1) is 19.6 Å². The van der Waals surface area contributed by atoms with Crippen molar-refractivity contribution in [3.05, 3.63) is 65.7 Å². The molecule has 0 radical (unpaired) electrons. The lowest BCUT2D eigenvalue weighted by Gasteiger charge is -2.15. The molecule has 0 saturated carbocycles. The van der Waals surface area contributed by atoms with Crippen LogP contribution in [0.4, 0.5) is 0 Å². The molecule has 0 N–H and O–H groups in total. The molecule has 1 unspecified atom stereocenters. The van der Waals surface area contributed by atoms with Gasteiger partial charge in [0.25, 0.3) is 0 Å². The molecule has 0 aliphatic rings. The summed E-state index contributed by atoms with van der Waals surface area (Å²) in [5.41, 5.74) is 2.97. The maximum absolute atomic E-state index is 12.2.